The lowest BCUT2D eigenvalue weighted by Gasteiger charge is -2.22. The molecule has 206 valence electrons. The fraction of sp³-hybridized carbons (Fsp3) is 0.310. The molecular formula is C29H33N3O6S. The first kappa shape index (κ1) is 28.1. The molecule has 39 heavy (non-hydrogen) atoms. The maximum absolute atomic E-state index is 13.7. The second-order valence-corrected chi connectivity index (χ2v) is 11.2. The van der Waals surface area contributed by atoms with Crippen molar-refractivity contribution in [2.24, 2.45) is 0 Å². The van der Waals surface area contributed by atoms with Crippen molar-refractivity contribution < 1.29 is 27.5 Å². The topological polar surface area (TPSA) is 105 Å². The largest absolute Gasteiger partial charge is 0.493 e. The number of carbonyl (C=O) groups is 2. The minimum atomic E-state index is -4.08. The van der Waals surface area contributed by atoms with Crippen molar-refractivity contribution in [2.75, 3.05) is 39.2 Å². The predicted molar refractivity (Wildman–Crippen MR) is 148 cm³/mol. The van der Waals surface area contributed by atoms with E-state index in [2.05, 4.69) is 5.32 Å². The number of hydrogen-bond donors (Lipinski definition) is 1. The summed E-state index contributed by atoms with van der Waals surface area (Å²) < 4.78 is 39.0. The lowest BCUT2D eigenvalue weighted by molar-refractivity contribution is -0.129. The van der Waals surface area contributed by atoms with Gasteiger partial charge in [0.2, 0.25) is 21.8 Å². The van der Waals surface area contributed by atoms with Crippen molar-refractivity contribution >= 4 is 27.5 Å². The van der Waals surface area contributed by atoms with Crippen molar-refractivity contribution in [1.82, 2.24) is 9.21 Å². The summed E-state index contributed by atoms with van der Waals surface area (Å²) in [5.74, 6) is 0.275. The number of nitrogens with zero attached hydrogens (tertiary/aromatic N) is 2. The molecule has 0 bridgehead atoms. The van der Waals surface area contributed by atoms with E-state index in [1.54, 1.807) is 36.4 Å². The molecule has 0 radical (unpaired) electrons. The summed E-state index contributed by atoms with van der Waals surface area (Å²) >= 11 is 0. The van der Waals surface area contributed by atoms with Gasteiger partial charge in [0, 0.05) is 31.4 Å². The molecule has 2 amide bonds. The number of anilines is 1. The van der Waals surface area contributed by atoms with Gasteiger partial charge in [0.15, 0.2) is 11.5 Å². The van der Waals surface area contributed by atoms with Gasteiger partial charge in [-0.2, -0.15) is 4.31 Å². The van der Waals surface area contributed by atoms with E-state index < -0.39 is 22.5 Å². The van der Waals surface area contributed by atoms with Crippen molar-refractivity contribution in [2.45, 2.75) is 30.7 Å². The molecular weight excluding hydrogens is 518 g/mol. The fourth-order valence-corrected chi connectivity index (χ4v) is 5.86. The number of sulfonamides is 1. The molecule has 1 heterocycles. The Balaban J connectivity index is 1.49. The van der Waals surface area contributed by atoms with Gasteiger partial charge in [-0.05, 0) is 48.2 Å². The van der Waals surface area contributed by atoms with E-state index in [0.717, 1.165) is 41.4 Å². The lowest BCUT2D eigenvalue weighted by atomic mass is 10.1. The Morgan fingerprint density at radius 2 is 1.54 bits per heavy atom. The Morgan fingerprint density at radius 3 is 2.18 bits per heavy atom. The quantitative estimate of drug-likeness (QED) is 0.390. The zero-order valence-electron chi connectivity index (χ0n) is 22.1. The number of rotatable bonds is 11. The monoisotopic (exact) mass is 551 g/mol. The molecule has 0 saturated carbocycles. The van der Waals surface area contributed by atoms with E-state index in [9.17, 15) is 18.0 Å². The number of ether oxygens (including phenoxy) is 2. The maximum atomic E-state index is 13.7. The highest BCUT2D eigenvalue weighted by molar-refractivity contribution is 7.89. The number of benzene rings is 3. The van der Waals surface area contributed by atoms with Gasteiger partial charge in [0.05, 0.1) is 32.1 Å². The molecule has 0 unspecified atom stereocenters. The molecule has 10 heteroatoms. The minimum Gasteiger partial charge on any atom is -0.493 e. The van der Waals surface area contributed by atoms with Crippen molar-refractivity contribution in [3.8, 4) is 11.5 Å². The summed E-state index contributed by atoms with van der Waals surface area (Å²) in [6.45, 7) is 1.21. The summed E-state index contributed by atoms with van der Waals surface area (Å²) in [6.07, 6.45) is 2.39. The van der Waals surface area contributed by atoms with Gasteiger partial charge in [-0.25, -0.2) is 8.42 Å². The molecule has 0 aliphatic carbocycles. The molecule has 0 atom stereocenters. The smallest absolute Gasteiger partial charge is 0.243 e. The Bertz CT molecular complexity index is 1390. The lowest BCUT2D eigenvalue weighted by Crippen LogP contribution is -2.37. The van der Waals surface area contributed by atoms with E-state index in [0.29, 0.717) is 17.9 Å². The normalized spacial score (nSPS) is 13.4. The second kappa shape index (κ2) is 12.8. The second-order valence-electron chi connectivity index (χ2n) is 9.29. The summed E-state index contributed by atoms with van der Waals surface area (Å²) in [5.41, 5.74) is 2.11. The van der Waals surface area contributed by atoms with Gasteiger partial charge in [-0.15, -0.1) is 0 Å². The Morgan fingerprint density at radius 1 is 0.872 bits per heavy atom. The summed E-state index contributed by atoms with van der Waals surface area (Å²) in [6, 6.07) is 20.4. The van der Waals surface area contributed by atoms with E-state index in [-0.39, 0.29) is 23.1 Å². The van der Waals surface area contributed by atoms with Crippen LogP contribution in [0.15, 0.2) is 77.7 Å². The van der Waals surface area contributed by atoms with Crippen LogP contribution in [0.3, 0.4) is 0 Å². The van der Waals surface area contributed by atoms with Crippen LogP contribution in [0.2, 0.25) is 0 Å². The number of nitrogens with one attached hydrogen (secondary N) is 1. The molecule has 0 aromatic heterocycles. The predicted octanol–water partition coefficient (Wildman–Crippen LogP) is 3.70. The standard InChI is InChI=1S/C29H33N3O6S/c1-37-26-15-14-25(19-27(26)38-2)39(35,36)32(20-23-8-4-3-5-9-23)21-28(33)30-24-12-10-22(11-13-24)18-29(34)31-16-6-7-17-31/h3-5,8-15,19H,6-7,16-18,20-21H2,1-2H3,(H,30,33). The fourth-order valence-electron chi connectivity index (χ4n) is 4.46. The molecule has 4 rings (SSSR count). The highest BCUT2D eigenvalue weighted by Crippen LogP contribution is 2.31. The van der Waals surface area contributed by atoms with Crippen molar-refractivity contribution in [3.05, 3.63) is 83.9 Å². The summed E-state index contributed by atoms with van der Waals surface area (Å²) in [4.78, 5) is 27.3. The van der Waals surface area contributed by atoms with Crippen LogP contribution in [0.4, 0.5) is 5.69 Å². The third-order valence-electron chi connectivity index (χ3n) is 6.57. The molecule has 1 aliphatic heterocycles. The van der Waals surface area contributed by atoms with E-state index in [1.807, 2.05) is 23.1 Å². The van der Waals surface area contributed by atoms with Crippen LogP contribution < -0.4 is 14.8 Å². The number of likely N-dealkylation sites (tertiary alicyclic amines) is 1. The Kier molecular flexibility index (Phi) is 9.21. The third kappa shape index (κ3) is 7.15. The van der Waals surface area contributed by atoms with Crippen LogP contribution in [-0.4, -0.2) is 63.3 Å². The summed E-state index contributed by atoms with van der Waals surface area (Å²) in [5, 5.41) is 2.77. The molecule has 1 N–H and O–H groups in total. The zero-order chi connectivity index (χ0) is 27.8. The highest BCUT2D eigenvalue weighted by Gasteiger charge is 2.28. The van der Waals surface area contributed by atoms with Crippen LogP contribution in [0.1, 0.15) is 24.0 Å². The van der Waals surface area contributed by atoms with E-state index in [4.69, 9.17) is 9.47 Å². The molecule has 3 aromatic carbocycles. The summed E-state index contributed by atoms with van der Waals surface area (Å²) in [7, 11) is -1.18. The number of methoxy groups -OCH3 is 2. The van der Waals surface area contributed by atoms with Crippen LogP contribution >= 0.6 is 0 Å². The van der Waals surface area contributed by atoms with Crippen LogP contribution in [-0.2, 0) is 32.6 Å². The van der Waals surface area contributed by atoms with Crippen LogP contribution in [0.5, 0.6) is 11.5 Å². The van der Waals surface area contributed by atoms with Gasteiger partial charge in [-0.1, -0.05) is 42.5 Å². The zero-order valence-corrected chi connectivity index (χ0v) is 22.9. The first-order valence-electron chi connectivity index (χ1n) is 12.7. The molecule has 1 saturated heterocycles. The molecule has 0 spiro atoms. The van der Waals surface area contributed by atoms with Gasteiger partial charge in [0.25, 0.3) is 0 Å². The molecule has 9 nitrogen and oxygen atoms in total. The van der Waals surface area contributed by atoms with Gasteiger partial charge in [-0.3, -0.25) is 9.59 Å². The first-order chi connectivity index (χ1) is 18.8. The maximum Gasteiger partial charge on any atom is 0.243 e. The average molecular weight is 552 g/mol. The highest BCUT2D eigenvalue weighted by atomic mass is 32.2. The van der Waals surface area contributed by atoms with Crippen LogP contribution in [0, 0.1) is 0 Å². The number of amides is 2. The van der Waals surface area contributed by atoms with Crippen molar-refractivity contribution in [3.63, 3.8) is 0 Å². The average Bonchev–Trinajstić information content (AvgIpc) is 3.49. The van der Waals surface area contributed by atoms with Gasteiger partial charge < -0.3 is 19.7 Å². The van der Waals surface area contributed by atoms with Gasteiger partial charge in [0.1, 0.15) is 0 Å². The van der Waals surface area contributed by atoms with Crippen molar-refractivity contribution in [1.29, 1.82) is 0 Å². The number of carbonyl (C=O) groups excluding carboxylic acids is 2. The first-order valence-corrected chi connectivity index (χ1v) is 14.2. The molecule has 3 aromatic rings. The number of hydrogen-bond acceptors (Lipinski definition) is 6. The molecule has 1 fully saturated rings. The Hall–Kier alpha value is -3.89. The third-order valence-corrected chi connectivity index (χ3v) is 8.35. The van der Waals surface area contributed by atoms with Gasteiger partial charge >= 0.3 is 0 Å². The molecule has 1 aliphatic rings. The van der Waals surface area contributed by atoms with E-state index >= 15 is 0 Å². The SMILES string of the molecule is COc1ccc(S(=O)(=O)N(CC(=O)Nc2ccc(CC(=O)N3CCCC3)cc2)Cc2ccccc2)cc1OC. The van der Waals surface area contributed by atoms with Crippen LogP contribution in [0.25, 0.3) is 0 Å². The van der Waals surface area contributed by atoms with E-state index in [1.165, 1.54) is 32.4 Å². The Labute approximate surface area is 229 Å². The minimum absolute atomic E-state index is 0.00247.